The zero-order chi connectivity index (χ0) is 14.6. The van der Waals surface area contributed by atoms with Crippen LogP contribution in [0.15, 0.2) is 47.5 Å². The highest BCUT2D eigenvalue weighted by Crippen LogP contribution is 2.20. The Morgan fingerprint density at radius 1 is 1.10 bits per heavy atom. The fraction of sp³-hybridized carbons (Fsp3) is 0.214. The van der Waals surface area contributed by atoms with Gasteiger partial charge in [0.2, 0.25) is 0 Å². The Kier molecular flexibility index (Phi) is 4.24. The Labute approximate surface area is 119 Å². The van der Waals surface area contributed by atoms with E-state index in [9.17, 15) is 8.42 Å². The van der Waals surface area contributed by atoms with Crippen molar-refractivity contribution in [1.82, 2.24) is 4.98 Å². The first-order valence-electron chi connectivity index (χ1n) is 6.26. The number of nitrogens with zero attached hydrogens (tertiary/aromatic N) is 1. The van der Waals surface area contributed by atoms with Crippen LogP contribution >= 0.6 is 0 Å². The first kappa shape index (κ1) is 14.3. The average molecular weight is 291 g/mol. The van der Waals surface area contributed by atoms with Crippen molar-refractivity contribution < 1.29 is 8.42 Å². The summed E-state index contributed by atoms with van der Waals surface area (Å²) in [7, 11) is -3.15. The van der Waals surface area contributed by atoms with Gasteiger partial charge in [-0.3, -0.25) is 0 Å². The average Bonchev–Trinajstić information content (AvgIpc) is 2.39. The van der Waals surface area contributed by atoms with Gasteiger partial charge in [0.15, 0.2) is 9.84 Å². The maximum atomic E-state index is 11.4. The minimum atomic E-state index is -3.15. The van der Waals surface area contributed by atoms with Crippen LogP contribution in [0.1, 0.15) is 6.92 Å². The number of sulfone groups is 1. The van der Waals surface area contributed by atoms with Crippen molar-refractivity contribution >= 4 is 27.0 Å². The molecule has 0 bridgehead atoms. The molecule has 0 fully saturated rings. The second-order valence-corrected chi connectivity index (χ2v) is 6.40. The summed E-state index contributed by atoms with van der Waals surface area (Å²) in [6, 6.07) is 10.4. The predicted octanol–water partition coefficient (Wildman–Crippen LogP) is 2.66. The van der Waals surface area contributed by atoms with Crippen LogP contribution in [0.3, 0.4) is 0 Å². The van der Waals surface area contributed by atoms with Crippen LogP contribution in [0.25, 0.3) is 0 Å². The molecule has 1 heterocycles. The molecule has 0 aliphatic rings. The highest BCUT2D eigenvalue weighted by atomic mass is 32.2. The van der Waals surface area contributed by atoms with E-state index < -0.39 is 9.84 Å². The summed E-state index contributed by atoms with van der Waals surface area (Å²) in [4.78, 5) is 4.50. The first-order valence-corrected chi connectivity index (χ1v) is 8.15. The Hall–Kier alpha value is -2.08. The molecule has 0 saturated heterocycles. The lowest BCUT2D eigenvalue weighted by molar-refractivity contribution is 0.602. The van der Waals surface area contributed by atoms with E-state index >= 15 is 0 Å². The van der Waals surface area contributed by atoms with Crippen LogP contribution in [-0.4, -0.2) is 26.2 Å². The summed E-state index contributed by atoms with van der Waals surface area (Å²) in [5.41, 5.74) is 1.72. The fourth-order valence-electron chi connectivity index (χ4n) is 1.74. The molecule has 6 heteroatoms. The second-order valence-electron chi connectivity index (χ2n) is 4.38. The summed E-state index contributed by atoms with van der Waals surface area (Å²) in [5.74, 6) is 0.797. The van der Waals surface area contributed by atoms with Crippen LogP contribution in [-0.2, 0) is 9.84 Å². The predicted molar refractivity (Wildman–Crippen MR) is 81.2 cm³/mol. The summed E-state index contributed by atoms with van der Waals surface area (Å²) in [5, 5.41) is 6.34. The van der Waals surface area contributed by atoms with Crippen LogP contribution in [0.4, 0.5) is 17.2 Å². The van der Waals surface area contributed by atoms with Crippen molar-refractivity contribution in [3.8, 4) is 0 Å². The molecule has 5 nitrogen and oxygen atoms in total. The number of benzene rings is 1. The Morgan fingerprint density at radius 3 is 2.40 bits per heavy atom. The third-order valence-electron chi connectivity index (χ3n) is 2.69. The molecule has 2 rings (SSSR count). The summed E-state index contributed by atoms with van der Waals surface area (Å²) in [6.07, 6.45) is 2.91. The molecule has 2 aromatic rings. The van der Waals surface area contributed by atoms with Crippen molar-refractivity contribution in [2.24, 2.45) is 0 Å². The number of aromatic nitrogens is 1. The van der Waals surface area contributed by atoms with E-state index in [1.807, 2.05) is 19.1 Å². The third kappa shape index (κ3) is 3.71. The first-order chi connectivity index (χ1) is 9.49. The molecule has 0 unspecified atom stereocenters. The van der Waals surface area contributed by atoms with Gasteiger partial charge in [0.25, 0.3) is 0 Å². The van der Waals surface area contributed by atoms with Gasteiger partial charge in [0.1, 0.15) is 5.82 Å². The van der Waals surface area contributed by atoms with Crippen LogP contribution in [0, 0.1) is 0 Å². The fourth-order valence-corrected chi connectivity index (χ4v) is 2.37. The van der Waals surface area contributed by atoms with Crippen molar-refractivity contribution in [3.63, 3.8) is 0 Å². The number of nitrogens with one attached hydrogen (secondary N) is 2. The lowest BCUT2D eigenvalue weighted by Gasteiger charge is -2.09. The summed E-state index contributed by atoms with van der Waals surface area (Å²) in [6.45, 7) is 2.81. The van der Waals surface area contributed by atoms with Gasteiger partial charge in [0, 0.05) is 36.4 Å². The minimum absolute atomic E-state index is 0.311. The van der Waals surface area contributed by atoms with Gasteiger partial charge in [0.05, 0.1) is 4.90 Å². The Bertz CT molecular complexity index is 682. The minimum Gasteiger partial charge on any atom is -0.370 e. The maximum absolute atomic E-state index is 11.4. The van der Waals surface area contributed by atoms with Crippen molar-refractivity contribution in [2.45, 2.75) is 11.8 Å². The number of anilines is 3. The van der Waals surface area contributed by atoms with E-state index in [0.29, 0.717) is 4.90 Å². The van der Waals surface area contributed by atoms with E-state index in [-0.39, 0.29) is 0 Å². The van der Waals surface area contributed by atoms with Gasteiger partial charge >= 0.3 is 0 Å². The molecule has 1 aromatic heterocycles. The molecular weight excluding hydrogens is 274 g/mol. The van der Waals surface area contributed by atoms with Gasteiger partial charge in [-0.1, -0.05) is 0 Å². The Morgan fingerprint density at radius 2 is 1.80 bits per heavy atom. The zero-order valence-electron chi connectivity index (χ0n) is 11.4. The topological polar surface area (TPSA) is 71.1 Å². The Balaban J connectivity index is 2.16. The molecule has 20 heavy (non-hydrogen) atoms. The number of hydrogen-bond acceptors (Lipinski definition) is 5. The number of pyridine rings is 1. The van der Waals surface area contributed by atoms with E-state index in [2.05, 4.69) is 15.6 Å². The molecule has 106 valence electrons. The standard InChI is InChI=1S/C14H17N3O2S/c1-3-15-14-10-12(8-9-16-14)17-11-4-6-13(7-5-11)20(2,18)19/h4-10H,3H2,1-2H3,(H2,15,16,17). The van der Waals surface area contributed by atoms with Crippen molar-refractivity contribution in [2.75, 3.05) is 23.4 Å². The monoisotopic (exact) mass is 291 g/mol. The van der Waals surface area contributed by atoms with Gasteiger partial charge in [-0.2, -0.15) is 0 Å². The van der Waals surface area contributed by atoms with Crippen molar-refractivity contribution in [1.29, 1.82) is 0 Å². The second kappa shape index (κ2) is 5.92. The lowest BCUT2D eigenvalue weighted by Crippen LogP contribution is -2.00. The molecular formula is C14H17N3O2S. The smallest absolute Gasteiger partial charge is 0.175 e. The molecule has 0 atom stereocenters. The molecule has 1 aromatic carbocycles. The molecule has 0 aliphatic heterocycles. The SMILES string of the molecule is CCNc1cc(Nc2ccc(S(C)(=O)=O)cc2)ccn1. The van der Waals surface area contributed by atoms with Crippen LogP contribution < -0.4 is 10.6 Å². The van der Waals surface area contributed by atoms with Gasteiger partial charge < -0.3 is 10.6 Å². The van der Waals surface area contributed by atoms with Crippen molar-refractivity contribution in [3.05, 3.63) is 42.6 Å². The normalized spacial score (nSPS) is 11.1. The van der Waals surface area contributed by atoms with E-state index in [1.165, 1.54) is 6.26 Å². The third-order valence-corrected chi connectivity index (χ3v) is 3.82. The van der Waals surface area contributed by atoms with Crippen LogP contribution in [0.5, 0.6) is 0 Å². The summed E-state index contributed by atoms with van der Waals surface area (Å²) < 4.78 is 22.8. The van der Waals surface area contributed by atoms with Crippen LogP contribution in [0.2, 0.25) is 0 Å². The molecule has 0 aliphatic carbocycles. The van der Waals surface area contributed by atoms with Gasteiger partial charge in [-0.05, 0) is 37.3 Å². The van der Waals surface area contributed by atoms with E-state index in [4.69, 9.17) is 0 Å². The number of rotatable bonds is 5. The quantitative estimate of drug-likeness (QED) is 0.886. The molecule has 2 N–H and O–H groups in total. The lowest BCUT2D eigenvalue weighted by atomic mass is 10.3. The summed E-state index contributed by atoms with van der Waals surface area (Å²) >= 11 is 0. The van der Waals surface area contributed by atoms with E-state index in [0.717, 1.165) is 23.7 Å². The highest BCUT2D eigenvalue weighted by molar-refractivity contribution is 7.90. The molecule has 0 amide bonds. The number of hydrogen-bond donors (Lipinski definition) is 2. The molecule has 0 radical (unpaired) electrons. The molecule has 0 spiro atoms. The van der Waals surface area contributed by atoms with E-state index in [1.54, 1.807) is 30.5 Å². The molecule has 0 saturated carbocycles. The zero-order valence-corrected chi connectivity index (χ0v) is 12.2. The maximum Gasteiger partial charge on any atom is 0.175 e. The highest BCUT2D eigenvalue weighted by Gasteiger charge is 2.06. The largest absolute Gasteiger partial charge is 0.370 e. The van der Waals surface area contributed by atoms with Gasteiger partial charge in [-0.15, -0.1) is 0 Å². The van der Waals surface area contributed by atoms with Gasteiger partial charge in [-0.25, -0.2) is 13.4 Å².